The lowest BCUT2D eigenvalue weighted by Gasteiger charge is -2.59. The van der Waals surface area contributed by atoms with Crippen LogP contribution in [0.25, 0.3) is 11.1 Å². The first-order chi connectivity index (χ1) is 26.7. The molecule has 0 radical (unpaired) electrons. The highest BCUT2D eigenvalue weighted by Crippen LogP contribution is 2.68. The first-order valence-electron chi connectivity index (χ1n) is 21.1. The van der Waals surface area contributed by atoms with Crippen LogP contribution in [0.1, 0.15) is 122 Å². The van der Waals surface area contributed by atoms with Gasteiger partial charge in [-0.3, -0.25) is 29.1 Å². The van der Waals surface area contributed by atoms with Crippen LogP contribution in [-0.2, 0) is 19.2 Å². The maximum absolute atomic E-state index is 13.8. The fourth-order valence-corrected chi connectivity index (χ4v) is 14.4. The minimum Gasteiger partial charge on any atom is -0.300 e. The molecule has 11 atom stereocenters. The number of aromatic nitrogens is 2. The van der Waals surface area contributed by atoms with E-state index in [-0.39, 0.29) is 56.6 Å². The van der Waals surface area contributed by atoms with Crippen molar-refractivity contribution >= 4 is 34.3 Å². The van der Waals surface area contributed by atoms with Gasteiger partial charge < -0.3 is 0 Å². The van der Waals surface area contributed by atoms with Gasteiger partial charge in [-0.25, -0.2) is 8.78 Å². The molecule has 6 nitrogen and oxygen atoms in total. The number of hydrogen-bond donors (Lipinski definition) is 0. The van der Waals surface area contributed by atoms with Crippen LogP contribution in [0.2, 0.25) is 0 Å². The summed E-state index contributed by atoms with van der Waals surface area (Å²) >= 11 is 0. The van der Waals surface area contributed by atoms with Gasteiger partial charge in [0, 0.05) is 56.0 Å². The first-order valence-corrected chi connectivity index (χ1v) is 21.1. The largest absolute Gasteiger partial charge is 0.300 e. The molecule has 0 spiro atoms. The van der Waals surface area contributed by atoms with E-state index in [1.165, 1.54) is 23.5 Å². The molecule has 56 heavy (non-hydrogen) atoms. The standard InChI is InChI=1S/C24H28FNO2.C24H26FNO2/c2*1-23-8-6-20-17(11-22(28)21-10-16(27)5-7-24(20,21)2)19(23)4-3-18(23)14-9-15(25)13-26-12-14/h3,9,12-13,17,19-21H,4-8,10-11H2,1-2H3;3,9-10,12-13,17,19-20H,4-8,11H2,1-2H3/t17-,19-,20-,21?,23+,24+;17-,19-,20-,23+,24+/m00/s1. The summed E-state index contributed by atoms with van der Waals surface area (Å²) in [5.74, 6) is 2.64. The van der Waals surface area contributed by atoms with Crippen LogP contribution in [0.15, 0.2) is 60.7 Å². The Morgan fingerprint density at radius 3 is 1.75 bits per heavy atom. The summed E-state index contributed by atoms with van der Waals surface area (Å²) in [6.07, 6.45) is 22.8. The molecule has 0 amide bonds. The van der Waals surface area contributed by atoms with E-state index >= 15 is 0 Å². The maximum Gasteiger partial charge on any atom is 0.159 e. The molecule has 8 heteroatoms. The molecular weight excluding hydrogens is 707 g/mol. The number of nitrogens with zero attached hydrogens (tertiary/aromatic N) is 2. The van der Waals surface area contributed by atoms with Gasteiger partial charge in [0.25, 0.3) is 0 Å². The first kappa shape index (κ1) is 37.6. The Morgan fingerprint density at radius 2 is 1.16 bits per heavy atom. The molecule has 2 aromatic rings. The maximum atomic E-state index is 13.8. The molecule has 0 aliphatic heterocycles. The van der Waals surface area contributed by atoms with E-state index in [1.54, 1.807) is 30.6 Å². The van der Waals surface area contributed by atoms with Gasteiger partial charge in [-0.2, -0.15) is 0 Å². The highest BCUT2D eigenvalue weighted by atomic mass is 19.1. The average molecular weight is 761 g/mol. The number of allylic oxidation sites excluding steroid dienone is 6. The van der Waals surface area contributed by atoms with Gasteiger partial charge >= 0.3 is 0 Å². The van der Waals surface area contributed by atoms with Crippen molar-refractivity contribution in [1.29, 1.82) is 0 Å². The van der Waals surface area contributed by atoms with Gasteiger partial charge in [-0.15, -0.1) is 0 Å². The van der Waals surface area contributed by atoms with Crippen molar-refractivity contribution in [3.63, 3.8) is 0 Å². The molecule has 0 bridgehead atoms. The zero-order chi connectivity index (χ0) is 39.4. The Kier molecular flexibility index (Phi) is 8.94. The summed E-state index contributed by atoms with van der Waals surface area (Å²) < 4.78 is 27.6. The number of pyridine rings is 2. The fourth-order valence-electron chi connectivity index (χ4n) is 14.4. The molecule has 0 saturated heterocycles. The molecule has 8 aliphatic rings. The molecule has 1 unspecified atom stereocenters. The number of rotatable bonds is 2. The highest BCUT2D eigenvalue weighted by molar-refractivity contribution is 6.06. The number of carbonyl (C=O) groups excluding carboxylic acids is 4. The van der Waals surface area contributed by atoms with Crippen LogP contribution in [0.3, 0.4) is 0 Å². The van der Waals surface area contributed by atoms with Crippen LogP contribution in [-0.4, -0.2) is 33.1 Å². The molecule has 2 aromatic heterocycles. The zero-order valence-corrected chi connectivity index (χ0v) is 33.2. The molecule has 5 fully saturated rings. The minimum atomic E-state index is -0.304. The Labute approximate surface area is 329 Å². The van der Waals surface area contributed by atoms with Crippen molar-refractivity contribution in [1.82, 2.24) is 9.97 Å². The second-order valence-electron chi connectivity index (χ2n) is 19.7. The van der Waals surface area contributed by atoms with Crippen molar-refractivity contribution in [2.45, 2.75) is 111 Å². The lowest BCUT2D eigenvalue weighted by atomic mass is 9.44. The van der Waals surface area contributed by atoms with Crippen molar-refractivity contribution in [3.8, 4) is 0 Å². The lowest BCUT2D eigenvalue weighted by molar-refractivity contribution is -0.155. The quantitative estimate of drug-likeness (QED) is 0.303. The second-order valence-corrected chi connectivity index (χ2v) is 19.7. The monoisotopic (exact) mass is 760 g/mol. The van der Waals surface area contributed by atoms with Crippen molar-refractivity contribution < 1.29 is 28.0 Å². The second kappa shape index (κ2) is 13.3. The highest BCUT2D eigenvalue weighted by Gasteiger charge is 2.62. The molecule has 5 saturated carbocycles. The number of Topliss-reactive ketones (excluding diaryl/α,β-unsaturated/α-hetero) is 3. The molecule has 2 heterocycles. The molecule has 0 N–H and O–H groups in total. The molecular formula is C48H54F2N2O4. The topological polar surface area (TPSA) is 94.1 Å². The normalized spacial score (nSPS) is 41.0. The molecule has 8 aliphatic carbocycles. The third kappa shape index (κ3) is 5.65. The average Bonchev–Trinajstić information content (AvgIpc) is 3.71. The molecule has 0 aromatic carbocycles. The number of ketones is 4. The van der Waals surface area contributed by atoms with Gasteiger partial charge in [-0.05, 0) is 149 Å². The van der Waals surface area contributed by atoms with Crippen LogP contribution in [0.4, 0.5) is 8.78 Å². The fraction of sp³-hybridized carbons (Fsp3) is 0.583. The van der Waals surface area contributed by atoms with Gasteiger partial charge in [0.2, 0.25) is 0 Å². The van der Waals surface area contributed by atoms with Crippen LogP contribution >= 0.6 is 0 Å². The van der Waals surface area contributed by atoms with Crippen molar-refractivity contribution in [2.75, 3.05) is 0 Å². The summed E-state index contributed by atoms with van der Waals surface area (Å²) in [5, 5.41) is 0. The van der Waals surface area contributed by atoms with Gasteiger partial charge in [-0.1, -0.05) is 39.8 Å². The Balaban J connectivity index is 0.000000146. The summed E-state index contributed by atoms with van der Waals surface area (Å²) in [7, 11) is 0. The third-order valence-electron chi connectivity index (χ3n) is 17.3. The van der Waals surface area contributed by atoms with Gasteiger partial charge in [0.1, 0.15) is 23.2 Å². The zero-order valence-electron chi connectivity index (χ0n) is 33.2. The summed E-state index contributed by atoms with van der Waals surface area (Å²) in [6, 6.07) is 3.17. The smallest absolute Gasteiger partial charge is 0.159 e. The Hall–Kier alpha value is -3.94. The van der Waals surface area contributed by atoms with Crippen LogP contribution in [0.5, 0.6) is 0 Å². The Bertz CT molecular complexity index is 2140. The van der Waals surface area contributed by atoms with E-state index in [2.05, 4.69) is 49.8 Å². The van der Waals surface area contributed by atoms with Crippen LogP contribution < -0.4 is 0 Å². The van der Waals surface area contributed by atoms with Gasteiger partial charge in [0.15, 0.2) is 11.6 Å². The molecule has 10 rings (SSSR count). The van der Waals surface area contributed by atoms with Crippen molar-refractivity contribution in [3.05, 3.63) is 83.5 Å². The van der Waals surface area contributed by atoms with E-state index in [9.17, 15) is 28.0 Å². The van der Waals surface area contributed by atoms with E-state index in [4.69, 9.17) is 0 Å². The summed E-state index contributed by atoms with van der Waals surface area (Å²) in [5.41, 5.74) is 4.69. The summed E-state index contributed by atoms with van der Waals surface area (Å²) in [4.78, 5) is 58.2. The number of halogens is 2. The Morgan fingerprint density at radius 1 is 0.607 bits per heavy atom. The van der Waals surface area contributed by atoms with E-state index in [0.717, 1.165) is 68.1 Å². The lowest BCUT2D eigenvalue weighted by Crippen LogP contribution is -2.56. The van der Waals surface area contributed by atoms with E-state index < -0.39 is 0 Å². The SMILES string of the molecule is C[C@]12CCC(=O)C=C1C(=O)C[C@@H]1[C@@H]2CC[C@]2(C)C(c3cncc(F)c3)=CC[C@@H]12.C[C@]12CCC(=O)CC1C(=O)C[C@@H]1[C@@H]2CC[C@]2(C)C(c3cncc(F)c3)=CC[C@@H]12. The number of carbonyl (C=O) groups is 4. The minimum absolute atomic E-state index is 0.0232. The predicted molar refractivity (Wildman–Crippen MR) is 209 cm³/mol. The van der Waals surface area contributed by atoms with E-state index in [1.807, 2.05) is 0 Å². The summed E-state index contributed by atoms with van der Waals surface area (Å²) in [6.45, 7) is 9.09. The van der Waals surface area contributed by atoms with Gasteiger partial charge in [0.05, 0.1) is 12.4 Å². The van der Waals surface area contributed by atoms with Crippen LogP contribution in [0, 0.1) is 74.7 Å². The number of hydrogen-bond acceptors (Lipinski definition) is 6. The predicted octanol–water partition coefficient (Wildman–Crippen LogP) is 9.93. The third-order valence-corrected chi connectivity index (χ3v) is 17.3. The number of fused-ring (bicyclic) bond motifs is 10. The molecule has 294 valence electrons. The van der Waals surface area contributed by atoms with E-state index in [0.29, 0.717) is 73.4 Å². The van der Waals surface area contributed by atoms with Crippen molar-refractivity contribution in [2.24, 2.45) is 63.1 Å².